The smallest absolute Gasteiger partial charge is 0.244 e. The Labute approximate surface area is 128 Å². The van der Waals surface area contributed by atoms with Crippen molar-refractivity contribution in [1.82, 2.24) is 10.3 Å². The largest absolute Gasteiger partial charge is 0.437 e. The number of benzene rings is 2. The van der Waals surface area contributed by atoms with Gasteiger partial charge in [-0.3, -0.25) is 4.79 Å². The number of hydrogen-bond acceptors (Lipinski definition) is 3. The fourth-order valence-corrected chi connectivity index (χ4v) is 2.19. The number of nitrogens with zero attached hydrogens (tertiary/aromatic N) is 1. The summed E-state index contributed by atoms with van der Waals surface area (Å²) in [7, 11) is 0. The van der Waals surface area contributed by atoms with Gasteiger partial charge in [0.1, 0.15) is 5.52 Å². The maximum absolute atomic E-state index is 11.9. The van der Waals surface area contributed by atoms with Crippen LogP contribution >= 0.6 is 0 Å². The first-order chi connectivity index (χ1) is 10.7. The minimum atomic E-state index is -0.182. The van der Waals surface area contributed by atoms with Crippen LogP contribution in [0.25, 0.3) is 17.2 Å². The number of rotatable bonds is 4. The van der Waals surface area contributed by atoms with E-state index < -0.39 is 0 Å². The number of amides is 1. The van der Waals surface area contributed by atoms with Gasteiger partial charge in [-0.15, -0.1) is 0 Å². The first-order valence-electron chi connectivity index (χ1n) is 7.11. The molecule has 2 aromatic carbocycles. The summed E-state index contributed by atoms with van der Waals surface area (Å²) in [6.07, 6.45) is 3.01. The number of oxazole rings is 1. The van der Waals surface area contributed by atoms with Gasteiger partial charge in [0, 0.05) is 12.2 Å². The molecule has 1 amide bonds. The zero-order valence-corrected chi connectivity index (χ0v) is 12.2. The predicted molar refractivity (Wildman–Crippen MR) is 86.0 cm³/mol. The van der Waals surface area contributed by atoms with E-state index >= 15 is 0 Å². The van der Waals surface area contributed by atoms with E-state index in [0.717, 1.165) is 11.1 Å². The van der Waals surface area contributed by atoms with E-state index in [-0.39, 0.29) is 11.9 Å². The third-order valence-electron chi connectivity index (χ3n) is 3.35. The van der Waals surface area contributed by atoms with Crippen molar-refractivity contribution in [2.75, 3.05) is 0 Å². The zero-order valence-electron chi connectivity index (χ0n) is 12.2. The predicted octanol–water partition coefficient (Wildman–Crippen LogP) is 3.72. The van der Waals surface area contributed by atoms with Gasteiger partial charge in [0.25, 0.3) is 0 Å². The molecular formula is C18H16N2O2. The highest BCUT2D eigenvalue weighted by Crippen LogP contribution is 2.15. The van der Waals surface area contributed by atoms with Gasteiger partial charge < -0.3 is 9.73 Å². The molecule has 0 fully saturated rings. The summed E-state index contributed by atoms with van der Waals surface area (Å²) in [6.45, 7) is 1.94. The average molecular weight is 292 g/mol. The molecule has 0 radical (unpaired) electrons. The van der Waals surface area contributed by atoms with E-state index in [4.69, 9.17) is 4.42 Å². The first-order valence-corrected chi connectivity index (χ1v) is 7.11. The molecule has 0 saturated carbocycles. The Morgan fingerprint density at radius 1 is 1.14 bits per heavy atom. The van der Waals surface area contributed by atoms with Gasteiger partial charge in [-0.2, -0.15) is 0 Å². The zero-order chi connectivity index (χ0) is 15.4. The lowest BCUT2D eigenvalue weighted by Gasteiger charge is -2.12. The highest BCUT2D eigenvalue weighted by Gasteiger charge is 2.07. The van der Waals surface area contributed by atoms with E-state index in [2.05, 4.69) is 10.3 Å². The molecule has 3 aromatic rings. The molecule has 1 atom stereocenters. The van der Waals surface area contributed by atoms with Crippen LogP contribution in [0, 0.1) is 0 Å². The number of para-hydroxylation sites is 2. The van der Waals surface area contributed by atoms with Crippen LogP contribution in [0.2, 0.25) is 0 Å². The maximum atomic E-state index is 11.9. The van der Waals surface area contributed by atoms with Crippen LogP contribution < -0.4 is 5.32 Å². The second kappa shape index (κ2) is 6.26. The van der Waals surface area contributed by atoms with E-state index in [1.54, 1.807) is 6.08 Å². The van der Waals surface area contributed by atoms with Gasteiger partial charge in [0.15, 0.2) is 5.58 Å². The summed E-state index contributed by atoms with van der Waals surface area (Å²) in [4.78, 5) is 16.2. The Hall–Kier alpha value is -2.88. The summed E-state index contributed by atoms with van der Waals surface area (Å²) in [5, 5.41) is 2.90. The standard InChI is InChI=1S/C18H16N2O2/c1-13(14-7-3-2-4-8-14)19-17(21)11-12-18-20-15-9-5-6-10-16(15)22-18/h2-13H,1H3,(H,19,21)/b12-11+. The number of fused-ring (bicyclic) bond motifs is 1. The van der Waals surface area contributed by atoms with E-state index in [0.29, 0.717) is 11.5 Å². The van der Waals surface area contributed by atoms with Gasteiger partial charge in [-0.05, 0) is 24.6 Å². The van der Waals surface area contributed by atoms with Gasteiger partial charge in [0.05, 0.1) is 6.04 Å². The van der Waals surface area contributed by atoms with E-state index in [9.17, 15) is 4.79 Å². The Bertz CT molecular complexity index is 773. The first kappa shape index (κ1) is 14.1. The molecule has 0 aliphatic rings. The second-order valence-electron chi connectivity index (χ2n) is 4.99. The lowest BCUT2D eigenvalue weighted by atomic mass is 10.1. The van der Waals surface area contributed by atoms with Crippen molar-refractivity contribution in [3.05, 3.63) is 72.1 Å². The van der Waals surface area contributed by atoms with Gasteiger partial charge in [0.2, 0.25) is 11.8 Å². The van der Waals surface area contributed by atoms with Crippen molar-refractivity contribution in [2.45, 2.75) is 13.0 Å². The van der Waals surface area contributed by atoms with Crippen LogP contribution in [0.3, 0.4) is 0 Å². The lowest BCUT2D eigenvalue weighted by molar-refractivity contribution is -0.117. The van der Waals surface area contributed by atoms with Crippen LogP contribution in [-0.2, 0) is 4.79 Å². The molecule has 1 N–H and O–H groups in total. The van der Waals surface area contributed by atoms with Crippen molar-refractivity contribution >= 4 is 23.1 Å². The van der Waals surface area contributed by atoms with E-state index in [1.807, 2.05) is 61.5 Å². The molecule has 4 nitrogen and oxygen atoms in total. The van der Waals surface area contributed by atoms with Crippen LogP contribution in [0.4, 0.5) is 0 Å². The molecule has 22 heavy (non-hydrogen) atoms. The van der Waals surface area contributed by atoms with Gasteiger partial charge >= 0.3 is 0 Å². The topological polar surface area (TPSA) is 55.1 Å². The SMILES string of the molecule is CC(NC(=O)/C=C/c1nc2ccccc2o1)c1ccccc1. The molecule has 4 heteroatoms. The van der Waals surface area contributed by atoms with Crippen LogP contribution in [0.15, 0.2) is 65.1 Å². The molecule has 0 saturated heterocycles. The third-order valence-corrected chi connectivity index (χ3v) is 3.35. The Balaban J connectivity index is 1.66. The summed E-state index contributed by atoms with van der Waals surface area (Å²) in [6, 6.07) is 17.3. The molecule has 0 aliphatic carbocycles. The van der Waals surface area contributed by atoms with Gasteiger partial charge in [-0.25, -0.2) is 4.98 Å². The quantitative estimate of drug-likeness (QED) is 0.746. The number of hydrogen-bond donors (Lipinski definition) is 1. The third kappa shape index (κ3) is 3.23. The fraction of sp³-hybridized carbons (Fsp3) is 0.111. The Morgan fingerprint density at radius 3 is 2.64 bits per heavy atom. The number of carbonyl (C=O) groups is 1. The van der Waals surface area contributed by atoms with E-state index in [1.165, 1.54) is 6.08 Å². The normalized spacial score (nSPS) is 12.6. The highest BCUT2D eigenvalue weighted by molar-refractivity contribution is 5.91. The maximum Gasteiger partial charge on any atom is 0.244 e. The minimum absolute atomic E-state index is 0.0537. The second-order valence-corrected chi connectivity index (χ2v) is 4.99. The Kier molecular flexibility index (Phi) is 4.01. The molecule has 0 bridgehead atoms. The molecule has 0 aliphatic heterocycles. The van der Waals surface area contributed by atoms with Crippen LogP contribution in [0.5, 0.6) is 0 Å². The number of carbonyl (C=O) groups excluding carboxylic acids is 1. The monoisotopic (exact) mass is 292 g/mol. The number of aromatic nitrogens is 1. The highest BCUT2D eigenvalue weighted by atomic mass is 16.3. The summed E-state index contributed by atoms with van der Waals surface area (Å²) >= 11 is 0. The summed E-state index contributed by atoms with van der Waals surface area (Å²) in [5.74, 6) is 0.238. The molecule has 1 heterocycles. The van der Waals surface area contributed by atoms with Crippen molar-refractivity contribution in [3.8, 4) is 0 Å². The van der Waals surface area contributed by atoms with Crippen molar-refractivity contribution < 1.29 is 9.21 Å². The van der Waals surface area contributed by atoms with Crippen LogP contribution in [-0.4, -0.2) is 10.9 Å². The summed E-state index contributed by atoms with van der Waals surface area (Å²) in [5.41, 5.74) is 2.55. The summed E-state index contributed by atoms with van der Waals surface area (Å²) < 4.78 is 5.53. The fourth-order valence-electron chi connectivity index (χ4n) is 2.19. The van der Waals surface area contributed by atoms with Crippen LogP contribution in [0.1, 0.15) is 24.4 Å². The number of nitrogens with one attached hydrogen (secondary N) is 1. The average Bonchev–Trinajstić information content (AvgIpc) is 2.96. The molecular weight excluding hydrogens is 276 g/mol. The molecule has 110 valence electrons. The lowest BCUT2D eigenvalue weighted by Crippen LogP contribution is -2.24. The molecule has 0 spiro atoms. The van der Waals surface area contributed by atoms with Crippen molar-refractivity contribution in [1.29, 1.82) is 0 Å². The minimum Gasteiger partial charge on any atom is -0.437 e. The molecule has 3 rings (SSSR count). The molecule has 1 aromatic heterocycles. The van der Waals surface area contributed by atoms with Gasteiger partial charge in [-0.1, -0.05) is 42.5 Å². The van der Waals surface area contributed by atoms with Crippen molar-refractivity contribution in [2.24, 2.45) is 0 Å². The van der Waals surface area contributed by atoms with Crippen molar-refractivity contribution in [3.63, 3.8) is 0 Å². The Morgan fingerprint density at radius 2 is 1.86 bits per heavy atom. The molecule has 1 unspecified atom stereocenters.